The van der Waals surface area contributed by atoms with E-state index in [2.05, 4.69) is 19.2 Å². The van der Waals surface area contributed by atoms with Gasteiger partial charge in [0.2, 0.25) is 11.8 Å². The van der Waals surface area contributed by atoms with Gasteiger partial charge in [0, 0.05) is 19.0 Å². The molecule has 114 valence electrons. The lowest BCUT2D eigenvalue weighted by atomic mass is 9.79. The molecule has 2 amide bonds. The Morgan fingerprint density at radius 2 is 1.90 bits per heavy atom. The van der Waals surface area contributed by atoms with Gasteiger partial charge in [0.1, 0.15) is 6.04 Å². The first-order valence-corrected chi connectivity index (χ1v) is 8.00. The van der Waals surface area contributed by atoms with Gasteiger partial charge in [-0.3, -0.25) is 9.59 Å². The van der Waals surface area contributed by atoms with Crippen molar-refractivity contribution in [2.75, 3.05) is 6.54 Å². The first-order valence-electron chi connectivity index (χ1n) is 8.00. The zero-order valence-electron chi connectivity index (χ0n) is 13.2. The summed E-state index contributed by atoms with van der Waals surface area (Å²) in [7, 11) is 0. The van der Waals surface area contributed by atoms with Crippen LogP contribution in [0.1, 0.15) is 53.4 Å². The molecule has 2 rings (SSSR count). The van der Waals surface area contributed by atoms with Gasteiger partial charge in [-0.05, 0) is 37.0 Å². The van der Waals surface area contributed by atoms with Crippen LogP contribution >= 0.6 is 0 Å². The lowest BCUT2D eigenvalue weighted by molar-refractivity contribution is -0.138. The molecule has 2 aliphatic rings. The van der Waals surface area contributed by atoms with Crippen molar-refractivity contribution >= 4 is 11.8 Å². The molecule has 1 N–H and O–H groups in total. The third kappa shape index (κ3) is 3.15. The van der Waals surface area contributed by atoms with Gasteiger partial charge in [-0.15, -0.1) is 0 Å². The quantitative estimate of drug-likeness (QED) is 0.843. The number of rotatable bonds is 2. The minimum atomic E-state index is -0.350. The molecule has 0 aromatic rings. The maximum Gasteiger partial charge on any atom is 0.245 e. The average Bonchev–Trinajstić information content (AvgIpc) is 2.50. The highest BCUT2D eigenvalue weighted by Gasteiger charge is 2.38. The Labute approximate surface area is 122 Å². The first kappa shape index (κ1) is 15.3. The maximum absolute atomic E-state index is 12.8. The van der Waals surface area contributed by atoms with Crippen LogP contribution in [-0.4, -0.2) is 35.3 Å². The summed E-state index contributed by atoms with van der Waals surface area (Å²) in [5.74, 6) is 1.56. The van der Waals surface area contributed by atoms with E-state index in [1.54, 1.807) is 0 Å². The van der Waals surface area contributed by atoms with Gasteiger partial charge >= 0.3 is 0 Å². The summed E-state index contributed by atoms with van der Waals surface area (Å²) in [5, 5.41) is 2.89. The van der Waals surface area contributed by atoms with Crippen molar-refractivity contribution in [2.24, 2.45) is 17.8 Å². The summed E-state index contributed by atoms with van der Waals surface area (Å²) < 4.78 is 0. The van der Waals surface area contributed by atoms with Crippen LogP contribution in [0.25, 0.3) is 0 Å². The first-order chi connectivity index (χ1) is 9.40. The van der Waals surface area contributed by atoms with Gasteiger partial charge < -0.3 is 10.2 Å². The second-order valence-corrected chi connectivity index (χ2v) is 7.03. The van der Waals surface area contributed by atoms with E-state index < -0.39 is 0 Å². The fraction of sp³-hybridized carbons (Fsp3) is 0.875. The van der Waals surface area contributed by atoms with E-state index in [4.69, 9.17) is 0 Å². The van der Waals surface area contributed by atoms with Crippen molar-refractivity contribution in [2.45, 2.75) is 65.5 Å². The minimum absolute atomic E-state index is 0.0105. The number of nitrogens with zero attached hydrogens (tertiary/aromatic N) is 1. The molecule has 0 aromatic heterocycles. The van der Waals surface area contributed by atoms with E-state index in [0.717, 1.165) is 12.3 Å². The van der Waals surface area contributed by atoms with E-state index in [9.17, 15) is 9.59 Å². The highest BCUT2D eigenvalue weighted by atomic mass is 16.2. The van der Waals surface area contributed by atoms with Crippen LogP contribution in [0.5, 0.6) is 0 Å². The molecule has 20 heavy (non-hydrogen) atoms. The average molecular weight is 280 g/mol. The fourth-order valence-electron chi connectivity index (χ4n) is 3.71. The molecule has 1 heterocycles. The smallest absolute Gasteiger partial charge is 0.245 e. The van der Waals surface area contributed by atoms with Crippen molar-refractivity contribution in [1.82, 2.24) is 10.2 Å². The normalized spacial score (nSPS) is 36.0. The zero-order chi connectivity index (χ0) is 14.9. The van der Waals surface area contributed by atoms with Gasteiger partial charge in [-0.2, -0.15) is 0 Å². The van der Waals surface area contributed by atoms with Crippen molar-refractivity contribution in [3.63, 3.8) is 0 Å². The van der Waals surface area contributed by atoms with Crippen LogP contribution in [0.2, 0.25) is 0 Å². The highest BCUT2D eigenvalue weighted by Crippen LogP contribution is 2.33. The summed E-state index contributed by atoms with van der Waals surface area (Å²) >= 11 is 0. The second-order valence-electron chi connectivity index (χ2n) is 7.03. The number of hydrogen-bond donors (Lipinski definition) is 1. The summed E-state index contributed by atoms with van der Waals surface area (Å²) in [6, 6.07) is -0.0378. The van der Waals surface area contributed by atoms with Crippen molar-refractivity contribution in [3.05, 3.63) is 0 Å². The molecule has 2 fully saturated rings. The Hall–Kier alpha value is -1.06. The topological polar surface area (TPSA) is 49.4 Å². The Kier molecular flexibility index (Phi) is 4.71. The van der Waals surface area contributed by atoms with Crippen LogP contribution in [0, 0.1) is 17.8 Å². The monoisotopic (exact) mass is 280 g/mol. The van der Waals surface area contributed by atoms with E-state index in [0.29, 0.717) is 24.9 Å². The molecule has 4 heteroatoms. The predicted octanol–water partition coefficient (Wildman–Crippen LogP) is 2.18. The van der Waals surface area contributed by atoms with Crippen molar-refractivity contribution in [3.8, 4) is 0 Å². The summed E-state index contributed by atoms with van der Waals surface area (Å²) in [4.78, 5) is 26.6. The molecule has 4 unspecified atom stereocenters. The van der Waals surface area contributed by atoms with Gasteiger partial charge in [0.05, 0.1) is 0 Å². The van der Waals surface area contributed by atoms with Crippen LogP contribution in [0.4, 0.5) is 0 Å². The van der Waals surface area contributed by atoms with Gasteiger partial charge in [0.15, 0.2) is 0 Å². The van der Waals surface area contributed by atoms with E-state index >= 15 is 0 Å². The van der Waals surface area contributed by atoms with Gasteiger partial charge in [-0.25, -0.2) is 0 Å². The number of nitrogens with one attached hydrogen (secondary N) is 1. The Bertz CT molecular complexity index is 381. The molecule has 1 saturated carbocycles. The van der Waals surface area contributed by atoms with Crippen molar-refractivity contribution in [1.29, 1.82) is 0 Å². The number of carbonyl (C=O) groups excluding carboxylic acids is 2. The Morgan fingerprint density at radius 3 is 2.50 bits per heavy atom. The fourth-order valence-corrected chi connectivity index (χ4v) is 3.71. The standard InChI is InChI=1S/C16H28N2O2/c1-10(2)15-16(20)18(8-7-14(19)17-15)13-6-5-11(3)9-12(13)4/h10-13,15H,5-9H2,1-4H3,(H,17,19). The summed E-state index contributed by atoms with van der Waals surface area (Å²) in [6.45, 7) is 9.12. The van der Waals surface area contributed by atoms with Crippen molar-refractivity contribution < 1.29 is 9.59 Å². The predicted molar refractivity (Wildman–Crippen MR) is 79.1 cm³/mol. The molecule has 1 aliphatic heterocycles. The lowest BCUT2D eigenvalue weighted by Crippen LogP contribution is -2.53. The van der Waals surface area contributed by atoms with Crippen LogP contribution in [-0.2, 0) is 9.59 Å². The molecular weight excluding hydrogens is 252 g/mol. The van der Waals surface area contributed by atoms with Crippen LogP contribution < -0.4 is 5.32 Å². The maximum atomic E-state index is 12.8. The van der Waals surface area contributed by atoms with E-state index in [-0.39, 0.29) is 23.8 Å². The molecule has 4 atom stereocenters. The Morgan fingerprint density at radius 1 is 1.20 bits per heavy atom. The molecule has 0 bridgehead atoms. The number of hydrogen-bond acceptors (Lipinski definition) is 2. The van der Waals surface area contributed by atoms with Gasteiger partial charge in [-0.1, -0.05) is 27.7 Å². The zero-order valence-corrected chi connectivity index (χ0v) is 13.2. The van der Waals surface area contributed by atoms with E-state index in [1.807, 2.05) is 18.7 Å². The largest absolute Gasteiger partial charge is 0.344 e. The summed E-state index contributed by atoms with van der Waals surface area (Å²) in [5.41, 5.74) is 0. The molecule has 0 radical (unpaired) electrons. The lowest BCUT2D eigenvalue weighted by Gasteiger charge is -2.41. The molecule has 0 aromatic carbocycles. The van der Waals surface area contributed by atoms with Crippen LogP contribution in [0.15, 0.2) is 0 Å². The third-order valence-corrected chi connectivity index (χ3v) is 4.90. The third-order valence-electron chi connectivity index (χ3n) is 4.90. The van der Waals surface area contributed by atoms with E-state index in [1.165, 1.54) is 12.8 Å². The Balaban J connectivity index is 2.16. The van der Waals surface area contributed by atoms with Gasteiger partial charge in [0.25, 0.3) is 0 Å². The molecule has 1 aliphatic carbocycles. The molecule has 1 saturated heterocycles. The minimum Gasteiger partial charge on any atom is -0.344 e. The summed E-state index contributed by atoms with van der Waals surface area (Å²) in [6.07, 6.45) is 3.88. The number of carbonyl (C=O) groups is 2. The van der Waals surface area contributed by atoms with Crippen LogP contribution in [0.3, 0.4) is 0 Å². The highest BCUT2D eigenvalue weighted by molar-refractivity contribution is 5.90. The second kappa shape index (κ2) is 6.15. The molecule has 4 nitrogen and oxygen atoms in total. The number of amides is 2. The molecule has 0 spiro atoms. The SMILES string of the molecule is CC1CCC(N2CCC(=O)NC(C(C)C)C2=O)C(C)C1. The molecular formula is C16H28N2O2.